The Morgan fingerprint density at radius 3 is 2.42 bits per heavy atom. The van der Waals surface area contributed by atoms with Crippen LogP contribution in [0.5, 0.6) is 0 Å². The van der Waals surface area contributed by atoms with Gasteiger partial charge in [0.15, 0.2) is 0 Å². The molecule has 3 fully saturated rings. The van der Waals surface area contributed by atoms with Crippen molar-refractivity contribution in [3.63, 3.8) is 0 Å². The third kappa shape index (κ3) is 6.29. The van der Waals surface area contributed by atoms with Gasteiger partial charge in [0.05, 0.1) is 17.7 Å². The van der Waals surface area contributed by atoms with Crippen LogP contribution in [0.3, 0.4) is 0 Å². The van der Waals surface area contributed by atoms with Gasteiger partial charge >= 0.3 is 0 Å². The minimum atomic E-state index is -0.985. The summed E-state index contributed by atoms with van der Waals surface area (Å²) in [5.41, 5.74) is 1.17. The summed E-state index contributed by atoms with van der Waals surface area (Å²) in [6.45, 7) is 1.61. The van der Waals surface area contributed by atoms with Crippen molar-refractivity contribution in [2.75, 3.05) is 26.3 Å². The average Bonchev–Trinajstić information content (AvgIpc) is 3.67. The minimum absolute atomic E-state index is 0.0947. The molecule has 4 heterocycles. The van der Waals surface area contributed by atoms with E-state index in [9.17, 15) is 19.2 Å². The average molecular weight is 586 g/mol. The van der Waals surface area contributed by atoms with Gasteiger partial charge in [-0.2, -0.15) is 0 Å². The van der Waals surface area contributed by atoms with Crippen LogP contribution in [-0.4, -0.2) is 88.0 Å². The summed E-state index contributed by atoms with van der Waals surface area (Å²) in [6, 6.07) is 16.3. The maximum atomic E-state index is 13.7. The summed E-state index contributed by atoms with van der Waals surface area (Å²) in [6.07, 6.45) is 2.99. The van der Waals surface area contributed by atoms with Crippen molar-refractivity contribution in [3.8, 4) is 0 Å². The number of likely N-dealkylation sites (tertiary alicyclic amines) is 1. The van der Waals surface area contributed by atoms with Crippen LogP contribution >= 0.6 is 0 Å². The summed E-state index contributed by atoms with van der Waals surface area (Å²) in [5.74, 6) is -1.40. The maximum absolute atomic E-state index is 13.7. The van der Waals surface area contributed by atoms with E-state index < -0.39 is 35.4 Å². The quantitative estimate of drug-likeness (QED) is 0.399. The Bertz CT molecular complexity index is 1470. The first kappa shape index (κ1) is 28.5. The summed E-state index contributed by atoms with van der Waals surface area (Å²) in [5, 5.41) is 17.4. The lowest BCUT2D eigenvalue weighted by Crippen LogP contribution is -2.57. The molecule has 2 aromatic carbocycles. The summed E-state index contributed by atoms with van der Waals surface area (Å²) >= 11 is 0. The topological polar surface area (TPSA) is 148 Å². The Labute approximate surface area is 249 Å². The zero-order chi connectivity index (χ0) is 29.8. The number of rotatable bonds is 5. The third-order valence-electron chi connectivity index (χ3n) is 8.57. The van der Waals surface area contributed by atoms with E-state index in [2.05, 4.69) is 26.3 Å². The molecule has 12 heteroatoms. The molecule has 6 rings (SSSR count). The maximum Gasteiger partial charge on any atom is 0.254 e. The van der Waals surface area contributed by atoms with Crippen LogP contribution in [0.25, 0.3) is 0 Å². The van der Waals surface area contributed by atoms with Crippen LogP contribution in [0.4, 0.5) is 0 Å². The molecule has 4 amide bonds. The highest BCUT2D eigenvalue weighted by atomic mass is 16.5. The monoisotopic (exact) mass is 585 g/mol. The number of nitrogens with zero attached hydrogens (tertiary/aromatic N) is 4. The van der Waals surface area contributed by atoms with Gasteiger partial charge in [-0.05, 0) is 37.0 Å². The summed E-state index contributed by atoms with van der Waals surface area (Å²) in [7, 11) is 0. The van der Waals surface area contributed by atoms with Gasteiger partial charge < -0.3 is 25.6 Å². The molecule has 0 saturated carbocycles. The standard InChI is InChI=1S/C31H35N7O5/c39-27-25(15-24-18-37(36-35-24)17-21-7-3-1-4-8-21)34-28(40)26-16-23(19-38(26)29(41)22-9-5-2-6-10-22)33-30(42)31(20-32-27)11-13-43-14-12-31/h1-10,18,23,25-26H,11-17,19-20H2,(H,32,39)(H,33,42)(H,34,40)/t23-,25-,26+/m1/s1. The van der Waals surface area contributed by atoms with Crippen LogP contribution in [0.1, 0.15) is 40.9 Å². The number of carbonyl (C=O) groups is 4. The zero-order valence-electron chi connectivity index (χ0n) is 23.8. The Balaban J connectivity index is 1.27. The number of hydrogen-bond acceptors (Lipinski definition) is 7. The SMILES string of the molecule is O=C1NCC2(CCOCC2)C(=O)N[C@@H]2C[C@@H](C(=O)N[C@@H]1Cc1cn(Cc3ccccc3)nn1)N(C(=O)c1ccccc1)C2. The predicted molar refractivity (Wildman–Crippen MR) is 155 cm³/mol. The van der Waals surface area contributed by atoms with Crippen LogP contribution in [0.15, 0.2) is 66.9 Å². The lowest BCUT2D eigenvalue weighted by atomic mass is 9.78. The van der Waals surface area contributed by atoms with Gasteiger partial charge in [0.1, 0.15) is 12.1 Å². The van der Waals surface area contributed by atoms with Gasteiger partial charge in [-0.15, -0.1) is 5.10 Å². The van der Waals surface area contributed by atoms with E-state index in [1.54, 1.807) is 35.1 Å². The van der Waals surface area contributed by atoms with E-state index in [1.165, 1.54) is 4.90 Å². The number of nitrogens with one attached hydrogen (secondary N) is 3. The normalized spacial score (nSPS) is 24.0. The zero-order valence-corrected chi connectivity index (χ0v) is 23.8. The van der Waals surface area contributed by atoms with E-state index in [0.717, 1.165) is 5.56 Å². The molecule has 2 bridgehead atoms. The largest absolute Gasteiger partial charge is 0.381 e. The van der Waals surface area contributed by atoms with Crippen molar-refractivity contribution in [2.45, 2.75) is 50.4 Å². The fourth-order valence-electron chi connectivity index (χ4n) is 6.09. The number of benzene rings is 2. The molecule has 3 N–H and O–H groups in total. The molecule has 0 aliphatic carbocycles. The highest BCUT2D eigenvalue weighted by Crippen LogP contribution is 2.32. The fourth-order valence-corrected chi connectivity index (χ4v) is 6.09. The van der Waals surface area contributed by atoms with Gasteiger partial charge in [0, 0.05) is 50.5 Å². The Hall–Kier alpha value is -4.58. The molecule has 3 atom stereocenters. The summed E-state index contributed by atoms with van der Waals surface area (Å²) < 4.78 is 7.23. The number of amides is 4. The van der Waals surface area contributed by atoms with Crippen molar-refractivity contribution in [1.29, 1.82) is 0 Å². The first-order chi connectivity index (χ1) is 20.9. The number of fused-ring (bicyclic) bond motifs is 2. The fraction of sp³-hybridized carbons (Fsp3) is 0.419. The molecule has 3 saturated heterocycles. The molecule has 43 heavy (non-hydrogen) atoms. The molecule has 1 spiro atoms. The van der Waals surface area contributed by atoms with E-state index in [4.69, 9.17) is 4.74 Å². The van der Waals surface area contributed by atoms with E-state index in [1.807, 2.05) is 36.4 Å². The molecule has 3 aromatic rings. The van der Waals surface area contributed by atoms with Crippen LogP contribution in [0, 0.1) is 5.41 Å². The molecule has 0 unspecified atom stereocenters. The van der Waals surface area contributed by atoms with Crippen LogP contribution in [0.2, 0.25) is 0 Å². The Morgan fingerprint density at radius 1 is 0.953 bits per heavy atom. The molecular formula is C31H35N7O5. The molecule has 1 aromatic heterocycles. The molecule has 12 nitrogen and oxygen atoms in total. The van der Waals surface area contributed by atoms with Gasteiger partial charge in [-0.3, -0.25) is 19.2 Å². The lowest BCUT2D eigenvalue weighted by molar-refractivity contribution is -0.139. The van der Waals surface area contributed by atoms with Gasteiger partial charge in [0.25, 0.3) is 5.91 Å². The predicted octanol–water partition coefficient (Wildman–Crippen LogP) is 0.680. The number of carbonyl (C=O) groups excluding carboxylic acids is 4. The smallest absolute Gasteiger partial charge is 0.254 e. The Kier molecular flexibility index (Phi) is 8.19. The van der Waals surface area contributed by atoms with Gasteiger partial charge in [-0.1, -0.05) is 53.7 Å². The first-order valence-electron chi connectivity index (χ1n) is 14.7. The second-order valence-electron chi connectivity index (χ2n) is 11.5. The van der Waals surface area contributed by atoms with Crippen molar-refractivity contribution in [3.05, 3.63) is 83.7 Å². The molecular weight excluding hydrogens is 550 g/mol. The van der Waals surface area contributed by atoms with E-state index in [-0.39, 0.29) is 37.7 Å². The van der Waals surface area contributed by atoms with E-state index in [0.29, 0.717) is 43.9 Å². The molecule has 3 aliphatic rings. The highest BCUT2D eigenvalue weighted by Gasteiger charge is 2.46. The summed E-state index contributed by atoms with van der Waals surface area (Å²) in [4.78, 5) is 56.1. The van der Waals surface area contributed by atoms with Crippen molar-refractivity contribution >= 4 is 23.6 Å². The van der Waals surface area contributed by atoms with Gasteiger partial charge in [-0.25, -0.2) is 4.68 Å². The number of ether oxygens (including phenoxy) is 1. The second kappa shape index (κ2) is 12.3. The molecule has 3 aliphatic heterocycles. The molecule has 224 valence electrons. The number of hydrogen-bond donors (Lipinski definition) is 3. The Morgan fingerprint density at radius 2 is 1.67 bits per heavy atom. The molecule has 0 radical (unpaired) electrons. The van der Waals surface area contributed by atoms with Crippen molar-refractivity contribution < 1.29 is 23.9 Å². The third-order valence-corrected chi connectivity index (χ3v) is 8.57. The van der Waals surface area contributed by atoms with Gasteiger partial charge in [0.2, 0.25) is 17.7 Å². The van der Waals surface area contributed by atoms with Crippen LogP contribution in [-0.2, 0) is 32.1 Å². The van der Waals surface area contributed by atoms with Crippen molar-refractivity contribution in [1.82, 2.24) is 35.8 Å². The highest BCUT2D eigenvalue weighted by molar-refractivity contribution is 5.99. The van der Waals surface area contributed by atoms with Crippen LogP contribution < -0.4 is 16.0 Å². The lowest BCUT2D eigenvalue weighted by Gasteiger charge is -2.37. The number of aromatic nitrogens is 3. The van der Waals surface area contributed by atoms with Crippen molar-refractivity contribution in [2.24, 2.45) is 5.41 Å². The van der Waals surface area contributed by atoms with E-state index >= 15 is 0 Å². The second-order valence-corrected chi connectivity index (χ2v) is 11.5. The minimum Gasteiger partial charge on any atom is -0.381 e. The first-order valence-corrected chi connectivity index (χ1v) is 14.7.